The van der Waals surface area contributed by atoms with Gasteiger partial charge in [0.15, 0.2) is 0 Å². The molecule has 6 heteroatoms. The predicted octanol–water partition coefficient (Wildman–Crippen LogP) is 1.17. The van der Waals surface area contributed by atoms with Crippen molar-refractivity contribution in [3.05, 3.63) is 18.0 Å². The summed E-state index contributed by atoms with van der Waals surface area (Å²) in [6.07, 6.45) is 3.62. The molecule has 0 aliphatic carbocycles. The molecule has 19 heavy (non-hydrogen) atoms. The summed E-state index contributed by atoms with van der Waals surface area (Å²) in [6, 6.07) is 1.77. The van der Waals surface area contributed by atoms with Crippen molar-refractivity contribution in [2.45, 2.75) is 31.2 Å². The molecule has 0 bridgehead atoms. The molecule has 1 aromatic rings. The van der Waals surface area contributed by atoms with Crippen molar-refractivity contribution in [1.82, 2.24) is 14.2 Å². The lowest BCUT2D eigenvalue weighted by Gasteiger charge is -2.29. The Morgan fingerprint density at radius 1 is 1.37 bits per heavy atom. The Hall–Kier alpha value is -0.850. The molecule has 0 unspecified atom stereocenters. The monoisotopic (exact) mass is 285 g/mol. The lowest BCUT2D eigenvalue weighted by atomic mass is 10.0. The van der Waals surface area contributed by atoms with Gasteiger partial charge in [0.2, 0.25) is 10.0 Å². The van der Waals surface area contributed by atoms with E-state index >= 15 is 0 Å². The highest BCUT2D eigenvalue weighted by Crippen LogP contribution is 2.24. The molecule has 2 rings (SSSR count). The average Bonchev–Trinajstić information content (AvgIpc) is 2.73. The maximum Gasteiger partial charge on any atom is 0.244 e. The number of aryl methyl sites for hydroxylation is 1. The predicted molar refractivity (Wildman–Crippen MR) is 75.3 cm³/mol. The number of nitrogens with one attached hydrogen (secondary N) is 1. The minimum Gasteiger partial charge on any atom is -0.352 e. The quantitative estimate of drug-likeness (QED) is 0.903. The van der Waals surface area contributed by atoms with Gasteiger partial charge in [-0.3, -0.25) is 0 Å². The Morgan fingerprint density at radius 3 is 2.58 bits per heavy atom. The number of sulfonamides is 1. The molecule has 0 spiro atoms. The molecule has 1 fully saturated rings. The van der Waals surface area contributed by atoms with Gasteiger partial charge in [0, 0.05) is 38.6 Å². The first-order valence-corrected chi connectivity index (χ1v) is 8.19. The second-order valence-electron chi connectivity index (χ2n) is 5.39. The SMILES string of the molecule is CNCc1cc(S(=O)(=O)N2CCC(C)CC2)cn1C. The molecule has 0 radical (unpaired) electrons. The summed E-state index contributed by atoms with van der Waals surface area (Å²) in [5.74, 6) is 0.627. The second kappa shape index (κ2) is 5.64. The first kappa shape index (κ1) is 14.6. The van der Waals surface area contributed by atoms with Gasteiger partial charge in [0.25, 0.3) is 0 Å². The molecular weight excluding hydrogens is 262 g/mol. The molecular formula is C13H23N3O2S. The smallest absolute Gasteiger partial charge is 0.244 e. The molecule has 1 aliphatic heterocycles. The molecule has 1 aromatic heterocycles. The van der Waals surface area contributed by atoms with Crippen LogP contribution in [0.25, 0.3) is 0 Å². The fourth-order valence-corrected chi connectivity index (χ4v) is 4.02. The largest absolute Gasteiger partial charge is 0.352 e. The standard InChI is InChI=1S/C13H23N3O2S/c1-11-4-6-16(7-5-11)19(17,18)13-8-12(9-14-2)15(3)10-13/h8,10-11,14H,4-7,9H2,1-3H3. The zero-order valence-corrected chi connectivity index (χ0v) is 12.7. The van der Waals surface area contributed by atoms with Gasteiger partial charge in [-0.25, -0.2) is 8.42 Å². The fourth-order valence-electron chi connectivity index (χ4n) is 2.45. The number of piperidine rings is 1. The molecule has 108 valence electrons. The van der Waals surface area contributed by atoms with E-state index in [9.17, 15) is 8.42 Å². The summed E-state index contributed by atoms with van der Waals surface area (Å²) in [5.41, 5.74) is 0.978. The van der Waals surface area contributed by atoms with E-state index in [1.54, 1.807) is 16.6 Å². The third-order valence-electron chi connectivity index (χ3n) is 3.82. The van der Waals surface area contributed by atoms with Crippen LogP contribution >= 0.6 is 0 Å². The Balaban J connectivity index is 2.22. The van der Waals surface area contributed by atoms with E-state index in [4.69, 9.17) is 0 Å². The molecule has 0 saturated carbocycles. The number of rotatable bonds is 4. The maximum absolute atomic E-state index is 12.6. The van der Waals surface area contributed by atoms with Crippen molar-refractivity contribution in [2.75, 3.05) is 20.1 Å². The summed E-state index contributed by atoms with van der Waals surface area (Å²) in [7, 11) is 0.413. The number of hydrogen-bond acceptors (Lipinski definition) is 3. The molecule has 2 heterocycles. The molecule has 5 nitrogen and oxygen atoms in total. The van der Waals surface area contributed by atoms with Crippen LogP contribution in [0, 0.1) is 5.92 Å². The van der Waals surface area contributed by atoms with Crippen molar-refractivity contribution >= 4 is 10.0 Å². The third-order valence-corrected chi connectivity index (χ3v) is 5.69. The van der Waals surface area contributed by atoms with Crippen LogP contribution in [0.1, 0.15) is 25.5 Å². The Morgan fingerprint density at radius 2 is 2.00 bits per heavy atom. The first-order chi connectivity index (χ1) is 8.95. The highest BCUT2D eigenvalue weighted by Gasteiger charge is 2.29. The van der Waals surface area contributed by atoms with Gasteiger partial charge in [-0.15, -0.1) is 0 Å². The van der Waals surface area contributed by atoms with Crippen LogP contribution in [0.2, 0.25) is 0 Å². The summed E-state index contributed by atoms with van der Waals surface area (Å²) >= 11 is 0. The highest BCUT2D eigenvalue weighted by molar-refractivity contribution is 7.89. The Labute approximate surface area is 115 Å². The van der Waals surface area contributed by atoms with Crippen LogP contribution in [0.5, 0.6) is 0 Å². The van der Waals surface area contributed by atoms with E-state index in [0.717, 1.165) is 18.5 Å². The summed E-state index contributed by atoms with van der Waals surface area (Å²) in [4.78, 5) is 0.412. The number of nitrogens with zero attached hydrogens (tertiary/aromatic N) is 2. The maximum atomic E-state index is 12.6. The van der Waals surface area contributed by atoms with Crippen molar-refractivity contribution in [1.29, 1.82) is 0 Å². The number of hydrogen-bond donors (Lipinski definition) is 1. The van der Waals surface area contributed by atoms with Crippen LogP contribution < -0.4 is 5.32 Å². The van der Waals surface area contributed by atoms with E-state index in [1.807, 2.05) is 18.7 Å². The summed E-state index contributed by atoms with van der Waals surface area (Å²) in [5, 5.41) is 3.05. The third kappa shape index (κ3) is 3.01. The van der Waals surface area contributed by atoms with Crippen LogP contribution in [0.3, 0.4) is 0 Å². The topological polar surface area (TPSA) is 54.3 Å². The molecule has 1 saturated heterocycles. The second-order valence-corrected chi connectivity index (χ2v) is 7.33. The lowest BCUT2D eigenvalue weighted by molar-refractivity contribution is 0.288. The zero-order valence-electron chi connectivity index (χ0n) is 11.9. The van der Waals surface area contributed by atoms with Crippen LogP contribution in [0.4, 0.5) is 0 Å². The van der Waals surface area contributed by atoms with E-state index in [1.165, 1.54) is 0 Å². The minimum absolute atomic E-state index is 0.412. The molecule has 0 aromatic carbocycles. The first-order valence-electron chi connectivity index (χ1n) is 6.75. The van der Waals surface area contributed by atoms with E-state index in [2.05, 4.69) is 12.2 Å². The van der Waals surface area contributed by atoms with Crippen molar-refractivity contribution < 1.29 is 8.42 Å². The van der Waals surface area contributed by atoms with Gasteiger partial charge in [-0.05, 0) is 31.9 Å². The van der Waals surface area contributed by atoms with Crippen LogP contribution in [0.15, 0.2) is 17.2 Å². The van der Waals surface area contributed by atoms with Gasteiger partial charge in [-0.1, -0.05) is 6.92 Å². The molecule has 0 amide bonds. The van der Waals surface area contributed by atoms with Crippen molar-refractivity contribution in [3.63, 3.8) is 0 Å². The van der Waals surface area contributed by atoms with E-state index in [-0.39, 0.29) is 0 Å². The average molecular weight is 285 g/mol. The van der Waals surface area contributed by atoms with Crippen molar-refractivity contribution in [3.8, 4) is 0 Å². The molecule has 1 aliphatic rings. The minimum atomic E-state index is -3.32. The number of aromatic nitrogens is 1. The van der Waals surface area contributed by atoms with Crippen molar-refractivity contribution in [2.24, 2.45) is 13.0 Å². The zero-order chi connectivity index (χ0) is 14.0. The van der Waals surface area contributed by atoms with Gasteiger partial charge in [0.1, 0.15) is 4.90 Å². The van der Waals surface area contributed by atoms with Gasteiger partial charge >= 0.3 is 0 Å². The Kier molecular flexibility index (Phi) is 4.32. The summed E-state index contributed by atoms with van der Waals surface area (Å²) < 4.78 is 28.6. The van der Waals surface area contributed by atoms with Gasteiger partial charge in [-0.2, -0.15) is 4.31 Å². The molecule has 1 N–H and O–H groups in total. The summed E-state index contributed by atoms with van der Waals surface area (Å²) in [6.45, 7) is 4.13. The van der Waals surface area contributed by atoms with Crippen LogP contribution in [-0.2, 0) is 23.6 Å². The van der Waals surface area contributed by atoms with E-state index in [0.29, 0.717) is 30.4 Å². The molecule has 0 atom stereocenters. The van der Waals surface area contributed by atoms with E-state index < -0.39 is 10.0 Å². The normalized spacial score (nSPS) is 18.9. The highest BCUT2D eigenvalue weighted by atomic mass is 32.2. The fraction of sp³-hybridized carbons (Fsp3) is 0.692. The van der Waals surface area contributed by atoms with Gasteiger partial charge in [0.05, 0.1) is 0 Å². The van der Waals surface area contributed by atoms with Gasteiger partial charge < -0.3 is 9.88 Å². The Bertz CT molecular complexity index is 528. The van der Waals surface area contributed by atoms with Crippen LogP contribution in [-0.4, -0.2) is 37.4 Å². The lowest BCUT2D eigenvalue weighted by Crippen LogP contribution is -2.37.